The molecule has 0 radical (unpaired) electrons. The smallest absolute Gasteiger partial charge is 0.248 e. The fourth-order valence-corrected chi connectivity index (χ4v) is 2.22. The van der Waals surface area contributed by atoms with Crippen molar-refractivity contribution in [3.05, 3.63) is 0 Å². The number of ether oxygens (including phenoxy) is 1. The van der Waals surface area contributed by atoms with Crippen molar-refractivity contribution in [3.8, 4) is 0 Å². The van der Waals surface area contributed by atoms with E-state index < -0.39 is 0 Å². The summed E-state index contributed by atoms with van der Waals surface area (Å²) in [7, 11) is 0. The molecule has 1 rings (SSSR count). The van der Waals surface area contributed by atoms with Crippen LogP contribution in [0, 0.1) is 0 Å². The van der Waals surface area contributed by atoms with Crippen LogP contribution < -0.4 is 0 Å². The lowest BCUT2D eigenvalue weighted by atomic mass is 10.1. The average Bonchev–Trinajstić information content (AvgIpc) is 2.18. The second-order valence-electron chi connectivity index (χ2n) is 3.63. The summed E-state index contributed by atoms with van der Waals surface area (Å²) in [5, 5.41) is 0. The predicted molar refractivity (Wildman–Crippen MR) is 59.6 cm³/mol. The fraction of sp³-hybridized carbons (Fsp3) is 0.900. The highest BCUT2D eigenvalue weighted by Gasteiger charge is 2.21. The van der Waals surface area contributed by atoms with Gasteiger partial charge in [0.1, 0.15) is 6.61 Å². The summed E-state index contributed by atoms with van der Waals surface area (Å²) in [4.78, 5) is 14.0. The molecule has 1 aliphatic rings. The monoisotopic (exact) mass is 263 g/mol. The Labute approximate surface area is 93.9 Å². The van der Waals surface area contributed by atoms with Crippen molar-refractivity contribution in [1.82, 2.24) is 4.90 Å². The normalized spacial score (nSPS) is 22.4. The SMILES string of the molecule is CCCOCC(=O)N1CCCC(Br)C1. The summed E-state index contributed by atoms with van der Waals surface area (Å²) in [6.45, 7) is 4.68. The molecule has 0 bridgehead atoms. The van der Waals surface area contributed by atoms with E-state index in [9.17, 15) is 4.79 Å². The summed E-state index contributed by atoms with van der Waals surface area (Å²) < 4.78 is 5.23. The number of hydrogen-bond acceptors (Lipinski definition) is 2. The molecule has 14 heavy (non-hydrogen) atoms. The van der Waals surface area contributed by atoms with Gasteiger partial charge >= 0.3 is 0 Å². The zero-order valence-corrected chi connectivity index (χ0v) is 10.3. The first-order valence-electron chi connectivity index (χ1n) is 5.23. The quantitative estimate of drug-likeness (QED) is 0.572. The maximum atomic E-state index is 11.6. The first kappa shape index (κ1) is 12.0. The van der Waals surface area contributed by atoms with Gasteiger partial charge in [0.25, 0.3) is 0 Å². The Balaban J connectivity index is 2.22. The summed E-state index contributed by atoms with van der Waals surface area (Å²) >= 11 is 3.54. The molecule has 0 N–H and O–H groups in total. The molecule has 3 nitrogen and oxygen atoms in total. The molecule has 82 valence electrons. The third-order valence-electron chi connectivity index (χ3n) is 2.29. The van der Waals surface area contributed by atoms with Crippen LogP contribution in [0.25, 0.3) is 0 Å². The lowest BCUT2D eigenvalue weighted by Gasteiger charge is -2.29. The number of rotatable bonds is 4. The van der Waals surface area contributed by atoms with Crippen molar-refractivity contribution < 1.29 is 9.53 Å². The number of carbonyl (C=O) groups is 1. The Morgan fingerprint density at radius 2 is 2.43 bits per heavy atom. The van der Waals surface area contributed by atoms with Crippen molar-refractivity contribution in [2.24, 2.45) is 0 Å². The zero-order valence-electron chi connectivity index (χ0n) is 8.67. The molecule has 1 heterocycles. The van der Waals surface area contributed by atoms with E-state index in [2.05, 4.69) is 15.9 Å². The highest BCUT2D eigenvalue weighted by Crippen LogP contribution is 2.16. The van der Waals surface area contributed by atoms with Gasteiger partial charge in [0.05, 0.1) is 0 Å². The molecule has 1 fully saturated rings. The second kappa shape index (κ2) is 6.40. The Kier molecular flexibility index (Phi) is 5.48. The van der Waals surface area contributed by atoms with Crippen LogP contribution >= 0.6 is 15.9 Å². The number of carbonyl (C=O) groups excluding carboxylic acids is 1. The van der Waals surface area contributed by atoms with Crippen LogP contribution in [0.3, 0.4) is 0 Å². The summed E-state index contributed by atoms with van der Waals surface area (Å²) in [6, 6.07) is 0. The molecule has 1 aliphatic heterocycles. The summed E-state index contributed by atoms with van der Waals surface area (Å²) in [5.41, 5.74) is 0. The van der Waals surface area contributed by atoms with E-state index in [4.69, 9.17) is 4.74 Å². The third-order valence-corrected chi connectivity index (χ3v) is 3.04. The van der Waals surface area contributed by atoms with Crippen LogP contribution in [-0.4, -0.2) is 41.9 Å². The molecule has 0 spiro atoms. The third kappa shape index (κ3) is 3.96. The van der Waals surface area contributed by atoms with Crippen LogP contribution in [0.4, 0.5) is 0 Å². The van der Waals surface area contributed by atoms with Crippen LogP contribution in [0.15, 0.2) is 0 Å². The Bertz CT molecular complexity index is 187. The number of halogens is 1. The minimum atomic E-state index is 0.127. The summed E-state index contributed by atoms with van der Waals surface area (Å²) in [5.74, 6) is 0.127. The van der Waals surface area contributed by atoms with E-state index in [1.54, 1.807) is 0 Å². The van der Waals surface area contributed by atoms with Gasteiger partial charge < -0.3 is 9.64 Å². The maximum Gasteiger partial charge on any atom is 0.248 e. The molecule has 1 atom stereocenters. The van der Waals surface area contributed by atoms with Gasteiger partial charge in [-0.15, -0.1) is 0 Å². The second-order valence-corrected chi connectivity index (χ2v) is 4.93. The van der Waals surface area contributed by atoms with Crippen LogP contribution in [0.2, 0.25) is 0 Å². The number of amides is 1. The maximum absolute atomic E-state index is 11.6. The molecular weight excluding hydrogens is 246 g/mol. The highest BCUT2D eigenvalue weighted by molar-refractivity contribution is 9.09. The lowest BCUT2D eigenvalue weighted by Crippen LogP contribution is -2.42. The Morgan fingerprint density at radius 1 is 1.64 bits per heavy atom. The number of alkyl halides is 1. The minimum absolute atomic E-state index is 0.127. The minimum Gasteiger partial charge on any atom is -0.372 e. The van der Waals surface area contributed by atoms with E-state index in [1.807, 2.05) is 11.8 Å². The zero-order chi connectivity index (χ0) is 10.4. The first-order valence-corrected chi connectivity index (χ1v) is 6.15. The molecule has 1 amide bonds. The Morgan fingerprint density at radius 3 is 3.07 bits per heavy atom. The van der Waals surface area contributed by atoms with Crippen molar-refractivity contribution in [1.29, 1.82) is 0 Å². The van der Waals surface area contributed by atoms with Crippen LogP contribution in [-0.2, 0) is 9.53 Å². The van der Waals surface area contributed by atoms with E-state index in [0.29, 0.717) is 11.4 Å². The van der Waals surface area contributed by atoms with E-state index in [-0.39, 0.29) is 12.5 Å². The molecule has 1 unspecified atom stereocenters. The van der Waals surface area contributed by atoms with Gasteiger partial charge in [0, 0.05) is 24.5 Å². The number of hydrogen-bond donors (Lipinski definition) is 0. The van der Waals surface area contributed by atoms with Gasteiger partial charge in [0.15, 0.2) is 0 Å². The molecule has 0 aliphatic carbocycles. The van der Waals surface area contributed by atoms with Gasteiger partial charge in [0.2, 0.25) is 5.91 Å². The highest BCUT2D eigenvalue weighted by atomic mass is 79.9. The molecule has 0 aromatic heterocycles. The molecule has 0 saturated carbocycles. The van der Waals surface area contributed by atoms with Crippen LogP contribution in [0.1, 0.15) is 26.2 Å². The molecular formula is C10H18BrNO2. The lowest BCUT2D eigenvalue weighted by molar-refractivity contribution is -0.136. The topological polar surface area (TPSA) is 29.5 Å². The predicted octanol–water partition coefficient (Wildman–Crippen LogP) is 1.80. The number of piperidine rings is 1. The van der Waals surface area contributed by atoms with Crippen molar-refractivity contribution >= 4 is 21.8 Å². The van der Waals surface area contributed by atoms with E-state index in [0.717, 1.165) is 25.9 Å². The van der Waals surface area contributed by atoms with E-state index >= 15 is 0 Å². The average molecular weight is 264 g/mol. The number of likely N-dealkylation sites (tertiary alicyclic amines) is 1. The standard InChI is InChI=1S/C10H18BrNO2/c1-2-6-14-8-10(13)12-5-3-4-9(11)7-12/h9H,2-8H2,1H3. The molecule has 0 aromatic rings. The molecule has 0 aromatic carbocycles. The van der Waals surface area contributed by atoms with Gasteiger partial charge in [-0.1, -0.05) is 22.9 Å². The van der Waals surface area contributed by atoms with Crippen molar-refractivity contribution in [2.45, 2.75) is 31.0 Å². The van der Waals surface area contributed by atoms with Crippen molar-refractivity contribution in [2.75, 3.05) is 26.3 Å². The fourth-order valence-electron chi connectivity index (χ4n) is 1.55. The first-order chi connectivity index (χ1) is 6.74. The van der Waals surface area contributed by atoms with Crippen molar-refractivity contribution in [3.63, 3.8) is 0 Å². The van der Waals surface area contributed by atoms with Crippen LogP contribution in [0.5, 0.6) is 0 Å². The van der Waals surface area contributed by atoms with Gasteiger partial charge in [-0.3, -0.25) is 4.79 Å². The molecule has 4 heteroatoms. The summed E-state index contributed by atoms with van der Waals surface area (Å²) in [6.07, 6.45) is 3.23. The largest absolute Gasteiger partial charge is 0.372 e. The number of nitrogens with zero attached hydrogens (tertiary/aromatic N) is 1. The van der Waals surface area contributed by atoms with Gasteiger partial charge in [-0.05, 0) is 19.3 Å². The molecule has 1 saturated heterocycles. The Hall–Kier alpha value is -0.0900. The van der Waals surface area contributed by atoms with E-state index in [1.165, 1.54) is 6.42 Å². The van der Waals surface area contributed by atoms with Gasteiger partial charge in [-0.25, -0.2) is 0 Å². The van der Waals surface area contributed by atoms with Gasteiger partial charge in [-0.2, -0.15) is 0 Å².